The van der Waals surface area contributed by atoms with E-state index in [1.54, 1.807) is 31.2 Å². The molecule has 0 radical (unpaired) electrons. The topological polar surface area (TPSA) is 97.0 Å². The van der Waals surface area contributed by atoms with Crippen LogP contribution >= 0.6 is 0 Å². The van der Waals surface area contributed by atoms with Crippen LogP contribution in [0.3, 0.4) is 0 Å². The summed E-state index contributed by atoms with van der Waals surface area (Å²) < 4.78 is 9.89. The largest absolute Gasteiger partial charge is 0.465 e. The fourth-order valence-electron chi connectivity index (χ4n) is 2.51. The van der Waals surface area contributed by atoms with Crippen molar-refractivity contribution in [3.8, 4) is 0 Å². The molecule has 1 aromatic rings. The number of morpholine rings is 1. The van der Waals surface area contributed by atoms with Gasteiger partial charge < -0.3 is 20.1 Å². The van der Waals surface area contributed by atoms with Gasteiger partial charge in [-0.15, -0.1) is 0 Å². The summed E-state index contributed by atoms with van der Waals surface area (Å²) >= 11 is 0. The van der Waals surface area contributed by atoms with Crippen LogP contribution in [0.2, 0.25) is 0 Å². The van der Waals surface area contributed by atoms with Crippen molar-refractivity contribution < 1.29 is 23.9 Å². The Kier molecular flexibility index (Phi) is 7.97. The SMILES string of the molecule is COC(=O)c1ccc(NC(=O)/C(C)=C/C(=O)NCCN2CCOCC2)cc1. The van der Waals surface area contributed by atoms with Crippen LogP contribution in [0.1, 0.15) is 17.3 Å². The van der Waals surface area contributed by atoms with E-state index in [0.29, 0.717) is 31.0 Å². The van der Waals surface area contributed by atoms with Gasteiger partial charge in [0.1, 0.15) is 0 Å². The Labute approximate surface area is 158 Å². The maximum absolute atomic E-state index is 12.2. The first-order chi connectivity index (χ1) is 13.0. The summed E-state index contributed by atoms with van der Waals surface area (Å²) in [4.78, 5) is 37.7. The molecule has 1 fully saturated rings. The monoisotopic (exact) mass is 375 g/mol. The summed E-state index contributed by atoms with van der Waals surface area (Å²) in [6.45, 7) is 5.99. The van der Waals surface area contributed by atoms with Crippen molar-refractivity contribution >= 4 is 23.5 Å². The summed E-state index contributed by atoms with van der Waals surface area (Å²) in [6, 6.07) is 6.30. The van der Waals surface area contributed by atoms with Crippen LogP contribution in [0.5, 0.6) is 0 Å². The number of ether oxygens (including phenoxy) is 2. The molecule has 1 saturated heterocycles. The predicted octanol–water partition coefficient (Wildman–Crippen LogP) is 0.806. The number of carbonyl (C=O) groups excluding carboxylic acids is 3. The van der Waals surface area contributed by atoms with Gasteiger partial charge in [-0.3, -0.25) is 14.5 Å². The lowest BCUT2D eigenvalue weighted by Crippen LogP contribution is -2.41. The van der Waals surface area contributed by atoms with Crippen molar-refractivity contribution in [2.45, 2.75) is 6.92 Å². The van der Waals surface area contributed by atoms with E-state index in [0.717, 1.165) is 19.6 Å². The lowest BCUT2D eigenvalue weighted by molar-refractivity contribution is -0.117. The standard InChI is InChI=1S/C19H25N3O5/c1-14(13-17(23)20-7-8-22-9-11-27-12-10-22)18(24)21-16-5-3-15(4-6-16)19(25)26-2/h3-6,13H,7-12H2,1-2H3,(H,20,23)(H,21,24)/b14-13+. The number of methoxy groups -OCH3 is 1. The number of hydrogen-bond donors (Lipinski definition) is 2. The molecule has 1 heterocycles. The van der Waals surface area contributed by atoms with Gasteiger partial charge in [0, 0.05) is 43.5 Å². The van der Waals surface area contributed by atoms with E-state index in [9.17, 15) is 14.4 Å². The average molecular weight is 375 g/mol. The molecule has 1 aliphatic heterocycles. The van der Waals surface area contributed by atoms with Gasteiger partial charge in [0.05, 0.1) is 25.9 Å². The molecule has 1 aliphatic rings. The minimum atomic E-state index is -0.447. The molecule has 0 unspecified atom stereocenters. The Bertz CT molecular complexity index is 694. The van der Waals surface area contributed by atoms with E-state index in [2.05, 4.69) is 20.3 Å². The van der Waals surface area contributed by atoms with Crippen molar-refractivity contribution in [2.24, 2.45) is 0 Å². The van der Waals surface area contributed by atoms with Gasteiger partial charge in [-0.05, 0) is 31.2 Å². The number of rotatable bonds is 7. The summed E-state index contributed by atoms with van der Waals surface area (Å²) in [7, 11) is 1.30. The smallest absolute Gasteiger partial charge is 0.337 e. The Hall–Kier alpha value is -2.71. The van der Waals surface area contributed by atoms with Crippen LogP contribution in [-0.2, 0) is 19.1 Å². The van der Waals surface area contributed by atoms with Gasteiger partial charge in [0.15, 0.2) is 0 Å². The molecule has 146 valence electrons. The second-order valence-corrected chi connectivity index (χ2v) is 6.10. The first kappa shape index (κ1) is 20.6. The van der Waals surface area contributed by atoms with E-state index in [1.165, 1.54) is 13.2 Å². The van der Waals surface area contributed by atoms with Gasteiger partial charge in [0.25, 0.3) is 5.91 Å². The van der Waals surface area contributed by atoms with E-state index in [4.69, 9.17) is 4.74 Å². The minimum absolute atomic E-state index is 0.288. The highest BCUT2D eigenvalue weighted by molar-refractivity contribution is 6.07. The molecule has 0 saturated carbocycles. The maximum Gasteiger partial charge on any atom is 0.337 e. The summed E-state index contributed by atoms with van der Waals surface area (Å²) in [6.07, 6.45) is 1.28. The summed E-state index contributed by atoms with van der Waals surface area (Å²) in [5.41, 5.74) is 1.20. The highest BCUT2D eigenvalue weighted by Gasteiger charge is 2.11. The van der Waals surface area contributed by atoms with Crippen LogP contribution in [-0.4, -0.2) is 69.2 Å². The molecule has 2 rings (SSSR count). The van der Waals surface area contributed by atoms with Crippen LogP contribution in [0.15, 0.2) is 35.9 Å². The van der Waals surface area contributed by atoms with E-state index in [1.807, 2.05) is 0 Å². The Morgan fingerprint density at radius 2 is 1.85 bits per heavy atom. The molecule has 0 aliphatic carbocycles. The third-order valence-corrected chi connectivity index (χ3v) is 4.10. The molecule has 2 N–H and O–H groups in total. The molecule has 0 atom stereocenters. The molecule has 1 aromatic carbocycles. The zero-order chi connectivity index (χ0) is 19.6. The van der Waals surface area contributed by atoms with Gasteiger partial charge in [0.2, 0.25) is 5.91 Å². The van der Waals surface area contributed by atoms with Crippen molar-refractivity contribution in [1.29, 1.82) is 0 Å². The number of amides is 2. The predicted molar refractivity (Wildman–Crippen MR) is 100 cm³/mol. The highest BCUT2D eigenvalue weighted by Crippen LogP contribution is 2.11. The molecule has 0 bridgehead atoms. The Balaban J connectivity index is 1.78. The maximum atomic E-state index is 12.2. The normalized spacial score (nSPS) is 15.1. The number of nitrogens with zero attached hydrogens (tertiary/aromatic N) is 1. The molecule has 2 amide bonds. The summed E-state index contributed by atoms with van der Waals surface area (Å²) in [5, 5.41) is 5.45. The van der Waals surface area contributed by atoms with Crippen LogP contribution in [0.25, 0.3) is 0 Å². The number of nitrogens with one attached hydrogen (secondary N) is 2. The average Bonchev–Trinajstić information content (AvgIpc) is 2.68. The summed E-state index contributed by atoms with van der Waals surface area (Å²) in [5.74, 6) is -1.14. The lowest BCUT2D eigenvalue weighted by Gasteiger charge is -2.26. The number of anilines is 1. The van der Waals surface area contributed by atoms with Crippen molar-refractivity contribution in [1.82, 2.24) is 10.2 Å². The zero-order valence-corrected chi connectivity index (χ0v) is 15.6. The van der Waals surface area contributed by atoms with E-state index < -0.39 is 5.97 Å². The Morgan fingerprint density at radius 3 is 2.48 bits per heavy atom. The second kappa shape index (κ2) is 10.4. The number of carbonyl (C=O) groups is 3. The molecule has 8 nitrogen and oxygen atoms in total. The van der Waals surface area contributed by atoms with Gasteiger partial charge >= 0.3 is 5.97 Å². The molecule has 0 aromatic heterocycles. The lowest BCUT2D eigenvalue weighted by atomic mass is 10.2. The first-order valence-electron chi connectivity index (χ1n) is 8.75. The van der Waals surface area contributed by atoms with Crippen molar-refractivity contribution in [2.75, 3.05) is 51.8 Å². The first-order valence-corrected chi connectivity index (χ1v) is 8.75. The fraction of sp³-hybridized carbons (Fsp3) is 0.421. The van der Waals surface area contributed by atoms with E-state index >= 15 is 0 Å². The van der Waals surface area contributed by atoms with Crippen LogP contribution in [0.4, 0.5) is 5.69 Å². The molecule has 8 heteroatoms. The third-order valence-electron chi connectivity index (χ3n) is 4.10. The zero-order valence-electron chi connectivity index (χ0n) is 15.6. The van der Waals surface area contributed by atoms with Crippen LogP contribution in [0, 0.1) is 0 Å². The number of esters is 1. The molecule has 27 heavy (non-hydrogen) atoms. The van der Waals surface area contributed by atoms with Gasteiger partial charge in [-0.1, -0.05) is 0 Å². The van der Waals surface area contributed by atoms with Crippen molar-refractivity contribution in [3.05, 3.63) is 41.5 Å². The minimum Gasteiger partial charge on any atom is -0.465 e. The molecule has 0 spiro atoms. The molecular weight excluding hydrogens is 350 g/mol. The quantitative estimate of drug-likeness (QED) is 0.541. The molecular formula is C19H25N3O5. The number of benzene rings is 1. The van der Waals surface area contributed by atoms with Gasteiger partial charge in [-0.25, -0.2) is 4.79 Å². The van der Waals surface area contributed by atoms with Crippen molar-refractivity contribution in [3.63, 3.8) is 0 Å². The Morgan fingerprint density at radius 1 is 1.19 bits per heavy atom. The highest BCUT2D eigenvalue weighted by atomic mass is 16.5. The van der Waals surface area contributed by atoms with Crippen LogP contribution < -0.4 is 10.6 Å². The van der Waals surface area contributed by atoms with Gasteiger partial charge in [-0.2, -0.15) is 0 Å². The second-order valence-electron chi connectivity index (χ2n) is 6.10. The fourth-order valence-corrected chi connectivity index (χ4v) is 2.51. The number of hydrogen-bond acceptors (Lipinski definition) is 6. The van der Waals surface area contributed by atoms with E-state index in [-0.39, 0.29) is 17.4 Å². The third kappa shape index (κ3) is 6.84.